The van der Waals surface area contributed by atoms with E-state index in [1.54, 1.807) is 13.8 Å². The van der Waals surface area contributed by atoms with E-state index in [1.807, 2.05) is 30.5 Å². The molecular formula is C36H38N8O. The minimum absolute atomic E-state index is 0.211. The molecule has 7 aromatic rings. The SMILES string of the molecule is CC(C)(N)C(=O)NC[C@@H](c1c[nH]c2ccccc12)c1nnc(CCc2c[nH]c3ccccc23)n1CCc1c[nH]c2ccccc12. The molecule has 0 fully saturated rings. The number of amides is 1. The monoisotopic (exact) mass is 598 g/mol. The maximum absolute atomic E-state index is 13.0. The highest BCUT2D eigenvalue weighted by molar-refractivity contribution is 5.86. The number of H-pyrrole nitrogens is 3. The van der Waals surface area contributed by atoms with E-state index in [1.165, 1.54) is 21.9 Å². The number of aryl methyl sites for hydroxylation is 3. The van der Waals surface area contributed by atoms with Crippen molar-refractivity contribution in [1.82, 2.24) is 35.0 Å². The Hall–Kier alpha value is -5.15. The summed E-state index contributed by atoms with van der Waals surface area (Å²) in [5.74, 6) is 1.29. The molecule has 0 saturated heterocycles. The molecule has 6 N–H and O–H groups in total. The van der Waals surface area contributed by atoms with E-state index >= 15 is 0 Å². The van der Waals surface area contributed by atoms with Gasteiger partial charge in [0.15, 0.2) is 0 Å². The Kier molecular flexibility index (Phi) is 7.47. The zero-order valence-electron chi connectivity index (χ0n) is 25.6. The number of hydrogen-bond donors (Lipinski definition) is 5. The van der Waals surface area contributed by atoms with Gasteiger partial charge >= 0.3 is 0 Å². The lowest BCUT2D eigenvalue weighted by Crippen LogP contribution is -2.50. The number of carbonyl (C=O) groups excluding carboxylic acids is 1. The predicted molar refractivity (Wildman–Crippen MR) is 179 cm³/mol. The number of nitrogens with one attached hydrogen (secondary N) is 4. The Balaban J connectivity index is 1.27. The van der Waals surface area contributed by atoms with E-state index in [4.69, 9.17) is 15.9 Å². The normalized spacial score (nSPS) is 12.8. The van der Waals surface area contributed by atoms with Crippen LogP contribution in [0.4, 0.5) is 0 Å². The van der Waals surface area contributed by atoms with Crippen molar-refractivity contribution in [1.29, 1.82) is 0 Å². The van der Waals surface area contributed by atoms with Gasteiger partial charge in [0.05, 0.1) is 11.5 Å². The Morgan fingerprint density at radius 2 is 1.33 bits per heavy atom. The summed E-state index contributed by atoms with van der Waals surface area (Å²) in [5.41, 5.74) is 12.0. The lowest BCUT2D eigenvalue weighted by Gasteiger charge is -2.22. The van der Waals surface area contributed by atoms with Crippen molar-refractivity contribution in [2.45, 2.75) is 51.1 Å². The maximum atomic E-state index is 13.0. The number of aromatic nitrogens is 6. The van der Waals surface area contributed by atoms with Gasteiger partial charge in [-0.25, -0.2) is 0 Å². The molecule has 0 aliphatic rings. The minimum atomic E-state index is -1.00. The Morgan fingerprint density at radius 3 is 1.98 bits per heavy atom. The smallest absolute Gasteiger partial charge is 0.239 e. The van der Waals surface area contributed by atoms with Crippen LogP contribution in [-0.2, 0) is 30.6 Å². The number of rotatable bonds is 11. The van der Waals surface area contributed by atoms with Gasteiger partial charge in [0.25, 0.3) is 0 Å². The third kappa shape index (κ3) is 5.62. The van der Waals surface area contributed by atoms with Gasteiger partial charge in [-0.05, 0) is 61.6 Å². The Labute approximate surface area is 261 Å². The molecule has 0 radical (unpaired) electrons. The highest BCUT2D eigenvalue weighted by Crippen LogP contribution is 2.31. The van der Waals surface area contributed by atoms with Crippen molar-refractivity contribution in [3.05, 3.63) is 120 Å². The second-order valence-electron chi connectivity index (χ2n) is 12.4. The van der Waals surface area contributed by atoms with Gasteiger partial charge in [-0.1, -0.05) is 54.6 Å². The van der Waals surface area contributed by atoms with Gasteiger partial charge in [0, 0.05) is 70.8 Å². The summed E-state index contributed by atoms with van der Waals surface area (Å²) >= 11 is 0. The molecule has 228 valence electrons. The molecule has 0 aliphatic carbocycles. The average molecular weight is 599 g/mol. The minimum Gasteiger partial charge on any atom is -0.361 e. The Bertz CT molecular complexity index is 2100. The first-order chi connectivity index (χ1) is 21.9. The summed E-state index contributed by atoms with van der Waals surface area (Å²) in [6.07, 6.45) is 8.58. The molecule has 0 bridgehead atoms. The van der Waals surface area contributed by atoms with E-state index in [0.29, 0.717) is 13.1 Å². The zero-order chi connectivity index (χ0) is 31.0. The lowest BCUT2D eigenvalue weighted by atomic mass is 9.96. The van der Waals surface area contributed by atoms with Gasteiger partial charge in [-0.2, -0.15) is 0 Å². The van der Waals surface area contributed by atoms with E-state index in [9.17, 15) is 4.79 Å². The van der Waals surface area contributed by atoms with Crippen LogP contribution in [-0.4, -0.2) is 47.7 Å². The number of carbonyl (C=O) groups is 1. The van der Waals surface area contributed by atoms with Crippen molar-refractivity contribution in [3.8, 4) is 0 Å². The average Bonchev–Trinajstić information content (AvgIpc) is 3.84. The van der Waals surface area contributed by atoms with Crippen molar-refractivity contribution in [2.75, 3.05) is 6.54 Å². The number of aromatic amines is 3. The third-order valence-corrected chi connectivity index (χ3v) is 8.79. The second-order valence-corrected chi connectivity index (χ2v) is 12.4. The molecule has 0 spiro atoms. The molecule has 1 atom stereocenters. The van der Waals surface area contributed by atoms with Crippen LogP contribution in [0.25, 0.3) is 32.7 Å². The molecular weight excluding hydrogens is 560 g/mol. The summed E-state index contributed by atoms with van der Waals surface area (Å²) in [6.45, 7) is 4.47. The highest BCUT2D eigenvalue weighted by atomic mass is 16.2. The van der Waals surface area contributed by atoms with Gasteiger partial charge in [0.1, 0.15) is 11.6 Å². The summed E-state index contributed by atoms with van der Waals surface area (Å²) < 4.78 is 2.27. The number of hydrogen-bond acceptors (Lipinski definition) is 4. The largest absolute Gasteiger partial charge is 0.361 e. The number of para-hydroxylation sites is 3. The summed E-state index contributed by atoms with van der Waals surface area (Å²) in [4.78, 5) is 23.2. The first-order valence-corrected chi connectivity index (χ1v) is 15.5. The molecule has 0 unspecified atom stereocenters. The molecule has 3 aromatic carbocycles. The van der Waals surface area contributed by atoms with Crippen molar-refractivity contribution < 1.29 is 4.79 Å². The molecule has 9 heteroatoms. The quantitative estimate of drug-likeness (QED) is 0.130. The zero-order valence-corrected chi connectivity index (χ0v) is 25.6. The number of nitrogens with two attached hydrogens (primary N) is 1. The van der Waals surface area contributed by atoms with Crippen LogP contribution in [0.1, 0.15) is 48.1 Å². The predicted octanol–water partition coefficient (Wildman–Crippen LogP) is 5.74. The molecule has 0 aliphatic heterocycles. The fourth-order valence-corrected chi connectivity index (χ4v) is 6.34. The van der Waals surface area contributed by atoms with Crippen molar-refractivity contribution >= 4 is 38.6 Å². The van der Waals surface area contributed by atoms with Crippen LogP contribution in [0.3, 0.4) is 0 Å². The maximum Gasteiger partial charge on any atom is 0.239 e. The van der Waals surface area contributed by atoms with Crippen molar-refractivity contribution in [2.24, 2.45) is 5.73 Å². The van der Waals surface area contributed by atoms with Gasteiger partial charge in [0.2, 0.25) is 5.91 Å². The van der Waals surface area contributed by atoms with Gasteiger partial charge in [-0.3, -0.25) is 4.79 Å². The molecule has 45 heavy (non-hydrogen) atoms. The Morgan fingerprint density at radius 1 is 0.778 bits per heavy atom. The van der Waals surface area contributed by atoms with Crippen LogP contribution in [0.2, 0.25) is 0 Å². The fourth-order valence-electron chi connectivity index (χ4n) is 6.34. The van der Waals surface area contributed by atoms with E-state index in [2.05, 4.69) is 85.8 Å². The third-order valence-electron chi connectivity index (χ3n) is 8.79. The highest BCUT2D eigenvalue weighted by Gasteiger charge is 2.29. The molecule has 7 rings (SSSR count). The second kappa shape index (κ2) is 11.7. The van der Waals surface area contributed by atoms with Crippen molar-refractivity contribution in [3.63, 3.8) is 0 Å². The van der Waals surface area contributed by atoms with Crippen LogP contribution in [0, 0.1) is 0 Å². The van der Waals surface area contributed by atoms with E-state index in [0.717, 1.165) is 58.4 Å². The van der Waals surface area contributed by atoms with Crippen LogP contribution < -0.4 is 11.1 Å². The topological polar surface area (TPSA) is 133 Å². The first-order valence-electron chi connectivity index (χ1n) is 15.5. The van der Waals surface area contributed by atoms with E-state index < -0.39 is 5.54 Å². The molecule has 0 saturated carbocycles. The number of benzene rings is 3. The molecule has 4 aromatic heterocycles. The molecule has 1 amide bonds. The molecule has 4 heterocycles. The van der Waals surface area contributed by atoms with E-state index in [-0.39, 0.29) is 11.8 Å². The summed E-state index contributed by atoms with van der Waals surface area (Å²) in [7, 11) is 0. The number of fused-ring (bicyclic) bond motifs is 3. The van der Waals surface area contributed by atoms with Crippen LogP contribution >= 0.6 is 0 Å². The summed E-state index contributed by atoms with van der Waals surface area (Å²) in [5, 5.41) is 16.3. The summed E-state index contributed by atoms with van der Waals surface area (Å²) in [6, 6.07) is 25.0. The first kappa shape index (κ1) is 28.6. The number of nitrogens with zero attached hydrogens (tertiary/aromatic N) is 3. The lowest BCUT2D eigenvalue weighted by molar-refractivity contribution is -0.125. The van der Waals surface area contributed by atoms with Gasteiger partial charge < -0.3 is 30.6 Å². The van der Waals surface area contributed by atoms with Gasteiger partial charge in [-0.15, -0.1) is 10.2 Å². The van der Waals surface area contributed by atoms with Crippen LogP contribution in [0.5, 0.6) is 0 Å². The standard InChI is InChI=1S/C36H38N8O/c1-36(2,37)35(45)41-22-29(28-21-40-32-14-8-5-11-27(28)32)34-43-42-33(16-15-23-19-38-30-12-6-3-9-25(23)30)44(34)18-17-24-20-39-31-13-7-4-10-26(24)31/h3-14,19-21,29,38-40H,15-18,22,37H2,1-2H3,(H,41,45)/t29-/m0/s1. The molecule has 9 nitrogen and oxygen atoms in total. The fraction of sp³-hybridized carbons (Fsp3) is 0.250. The van der Waals surface area contributed by atoms with Crippen LogP contribution in [0.15, 0.2) is 91.4 Å².